The van der Waals surface area contributed by atoms with E-state index in [0.29, 0.717) is 11.3 Å². The first-order valence-corrected chi connectivity index (χ1v) is 5.50. The van der Waals surface area contributed by atoms with E-state index in [4.69, 9.17) is 9.52 Å². The molecule has 0 fully saturated rings. The number of hydrogen-bond donors (Lipinski definition) is 3. The third-order valence-electron chi connectivity index (χ3n) is 3.07. The highest BCUT2D eigenvalue weighted by Crippen LogP contribution is 2.41. The van der Waals surface area contributed by atoms with E-state index in [1.807, 2.05) is 0 Å². The minimum atomic E-state index is -2.00. The number of rotatable bonds is 2. The molecular formula is C13H9NO5. The smallest absolute Gasteiger partial charge is 0.371 e. The van der Waals surface area contributed by atoms with Gasteiger partial charge in [-0.1, -0.05) is 18.2 Å². The molecule has 1 aromatic carbocycles. The number of fused-ring (bicyclic) bond motifs is 1. The van der Waals surface area contributed by atoms with Crippen LogP contribution in [0.25, 0.3) is 0 Å². The molecule has 1 aliphatic rings. The summed E-state index contributed by atoms with van der Waals surface area (Å²) in [6.45, 7) is 0. The van der Waals surface area contributed by atoms with Gasteiger partial charge < -0.3 is 19.9 Å². The number of carboxylic acid groups (broad SMARTS) is 1. The van der Waals surface area contributed by atoms with Crippen LogP contribution in [0.3, 0.4) is 0 Å². The fraction of sp³-hybridized carbons (Fsp3) is 0.0769. The third-order valence-corrected chi connectivity index (χ3v) is 3.07. The first-order valence-electron chi connectivity index (χ1n) is 5.50. The van der Waals surface area contributed by atoms with E-state index in [0.717, 1.165) is 0 Å². The van der Waals surface area contributed by atoms with Gasteiger partial charge in [-0.3, -0.25) is 4.79 Å². The molecule has 1 amide bonds. The maximum absolute atomic E-state index is 12.0. The van der Waals surface area contributed by atoms with Crippen molar-refractivity contribution in [2.75, 3.05) is 5.32 Å². The molecule has 0 bridgehead atoms. The molecule has 3 N–H and O–H groups in total. The Morgan fingerprint density at radius 2 is 1.95 bits per heavy atom. The van der Waals surface area contributed by atoms with Crippen LogP contribution in [0.5, 0.6) is 0 Å². The summed E-state index contributed by atoms with van der Waals surface area (Å²) in [7, 11) is 0. The van der Waals surface area contributed by atoms with Crippen LogP contribution in [-0.4, -0.2) is 22.1 Å². The lowest BCUT2D eigenvalue weighted by Gasteiger charge is -2.17. The number of carbonyl (C=O) groups is 2. The average Bonchev–Trinajstić information content (AvgIpc) is 2.96. The van der Waals surface area contributed by atoms with Crippen molar-refractivity contribution in [2.45, 2.75) is 5.60 Å². The summed E-state index contributed by atoms with van der Waals surface area (Å²) in [6, 6.07) is 9.10. The molecule has 1 aliphatic heterocycles. The zero-order chi connectivity index (χ0) is 13.6. The van der Waals surface area contributed by atoms with Gasteiger partial charge in [-0.2, -0.15) is 0 Å². The SMILES string of the molecule is O=C(O)c1ccc(C2(O)C(=O)Nc3ccccc32)o1. The largest absolute Gasteiger partial charge is 0.475 e. The Morgan fingerprint density at radius 3 is 2.63 bits per heavy atom. The van der Waals surface area contributed by atoms with Gasteiger partial charge >= 0.3 is 5.97 Å². The van der Waals surface area contributed by atoms with Gasteiger partial charge in [0.25, 0.3) is 5.91 Å². The summed E-state index contributed by atoms with van der Waals surface area (Å²) >= 11 is 0. The van der Waals surface area contributed by atoms with Gasteiger partial charge in [0.2, 0.25) is 11.4 Å². The van der Waals surface area contributed by atoms with Crippen molar-refractivity contribution in [3.05, 3.63) is 53.5 Å². The summed E-state index contributed by atoms with van der Waals surface area (Å²) < 4.78 is 5.05. The molecule has 0 saturated heterocycles. The molecule has 1 aromatic heterocycles. The molecule has 2 heterocycles. The second-order valence-corrected chi connectivity index (χ2v) is 4.18. The van der Waals surface area contributed by atoms with Crippen molar-refractivity contribution >= 4 is 17.6 Å². The highest BCUT2D eigenvalue weighted by Gasteiger charge is 2.49. The molecule has 19 heavy (non-hydrogen) atoms. The number of carboxylic acids is 1. The van der Waals surface area contributed by atoms with Crippen LogP contribution >= 0.6 is 0 Å². The summed E-state index contributed by atoms with van der Waals surface area (Å²) in [4.78, 5) is 22.7. The molecule has 0 saturated carbocycles. The van der Waals surface area contributed by atoms with Gasteiger partial charge in [0, 0.05) is 11.3 Å². The summed E-state index contributed by atoms with van der Waals surface area (Å²) in [5.74, 6) is -2.38. The standard InChI is InChI=1S/C13H9NO5/c15-11(16)9-5-6-10(19-9)13(18)7-3-1-2-4-8(7)14-12(13)17/h1-6,18H,(H,14,17)(H,15,16). The number of anilines is 1. The zero-order valence-electron chi connectivity index (χ0n) is 9.58. The van der Waals surface area contributed by atoms with Crippen LogP contribution in [0, 0.1) is 0 Å². The van der Waals surface area contributed by atoms with E-state index in [1.54, 1.807) is 24.3 Å². The number of benzene rings is 1. The summed E-state index contributed by atoms with van der Waals surface area (Å²) in [5.41, 5.74) is -1.18. The first kappa shape index (κ1) is 11.5. The number of carbonyl (C=O) groups excluding carboxylic acids is 1. The number of nitrogens with one attached hydrogen (secondary N) is 1. The Bertz CT molecular complexity index is 690. The lowest BCUT2D eigenvalue weighted by atomic mass is 9.93. The van der Waals surface area contributed by atoms with Gasteiger partial charge in [-0.05, 0) is 18.2 Å². The number of furan rings is 1. The number of aromatic carboxylic acids is 1. The van der Waals surface area contributed by atoms with Crippen molar-refractivity contribution in [2.24, 2.45) is 0 Å². The first-order chi connectivity index (χ1) is 9.03. The highest BCUT2D eigenvalue weighted by molar-refractivity contribution is 6.06. The van der Waals surface area contributed by atoms with Gasteiger partial charge in [0.05, 0.1) is 0 Å². The fourth-order valence-corrected chi connectivity index (χ4v) is 2.13. The van der Waals surface area contributed by atoms with Gasteiger partial charge in [-0.25, -0.2) is 4.79 Å². The maximum atomic E-state index is 12.0. The molecule has 96 valence electrons. The normalized spacial score (nSPS) is 21.0. The second kappa shape index (κ2) is 3.69. The minimum absolute atomic E-state index is 0.118. The molecule has 2 aromatic rings. The highest BCUT2D eigenvalue weighted by atomic mass is 16.4. The van der Waals surface area contributed by atoms with E-state index in [9.17, 15) is 14.7 Å². The monoisotopic (exact) mass is 259 g/mol. The molecule has 6 nitrogen and oxygen atoms in total. The summed E-state index contributed by atoms with van der Waals surface area (Å²) in [6.07, 6.45) is 0. The summed E-state index contributed by atoms with van der Waals surface area (Å²) in [5, 5.41) is 21.9. The molecular weight excluding hydrogens is 250 g/mol. The van der Waals surface area contributed by atoms with E-state index in [1.165, 1.54) is 12.1 Å². The van der Waals surface area contributed by atoms with Crippen LogP contribution in [0.4, 0.5) is 5.69 Å². The van der Waals surface area contributed by atoms with Crippen molar-refractivity contribution in [3.8, 4) is 0 Å². The molecule has 1 unspecified atom stereocenters. The lowest BCUT2D eigenvalue weighted by Crippen LogP contribution is -2.34. The van der Waals surface area contributed by atoms with E-state index < -0.39 is 17.5 Å². The predicted octanol–water partition coefficient (Wildman–Crippen LogP) is 1.17. The maximum Gasteiger partial charge on any atom is 0.371 e. The number of amides is 1. The molecule has 6 heteroatoms. The third kappa shape index (κ3) is 1.47. The molecule has 0 spiro atoms. The molecule has 1 atom stereocenters. The van der Waals surface area contributed by atoms with E-state index in [-0.39, 0.29) is 11.5 Å². The lowest BCUT2D eigenvalue weighted by molar-refractivity contribution is -0.131. The fourth-order valence-electron chi connectivity index (χ4n) is 2.13. The Hall–Kier alpha value is -2.60. The Labute approximate surface area is 107 Å². The average molecular weight is 259 g/mol. The minimum Gasteiger partial charge on any atom is -0.475 e. The quantitative estimate of drug-likeness (QED) is 0.751. The second-order valence-electron chi connectivity index (χ2n) is 4.18. The van der Waals surface area contributed by atoms with Crippen LogP contribution in [-0.2, 0) is 10.4 Å². The van der Waals surface area contributed by atoms with Crippen molar-refractivity contribution in [3.63, 3.8) is 0 Å². The number of aliphatic hydroxyl groups is 1. The Morgan fingerprint density at radius 1 is 1.21 bits per heavy atom. The van der Waals surface area contributed by atoms with Crippen molar-refractivity contribution in [1.82, 2.24) is 0 Å². The van der Waals surface area contributed by atoms with Gasteiger partial charge in [0.1, 0.15) is 0 Å². The van der Waals surface area contributed by atoms with Crippen LogP contribution in [0.2, 0.25) is 0 Å². The Balaban J connectivity index is 2.16. The molecule has 0 aliphatic carbocycles. The van der Waals surface area contributed by atoms with Crippen molar-refractivity contribution < 1.29 is 24.2 Å². The van der Waals surface area contributed by atoms with Crippen LogP contribution < -0.4 is 5.32 Å². The van der Waals surface area contributed by atoms with Gasteiger partial charge in [0.15, 0.2) is 5.76 Å². The predicted molar refractivity (Wildman–Crippen MR) is 63.7 cm³/mol. The van der Waals surface area contributed by atoms with Crippen LogP contribution in [0.1, 0.15) is 21.9 Å². The topological polar surface area (TPSA) is 99.8 Å². The zero-order valence-corrected chi connectivity index (χ0v) is 9.58. The van der Waals surface area contributed by atoms with E-state index in [2.05, 4.69) is 5.32 Å². The van der Waals surface area contributed by atoms with Gasteiger partial charge in [-0.15, -0.1) is 0 Å². The number of para-hydroxylation sites is 1. The number of hydrogen-bond acceptors (Lipinski definition) is 4. The molecule has 3 rings (SSSR count). The van der Waals surface area contributed by atoms with E-state index >= 15 is 0 Å². The molecule has 0 radical (unpaired) electrons. The van der Waals surface area contributed by atoms with Crippen LogP contribution in [0.15, 0.2) is 40.8 Å². The van der Waals surface area contributed by atoms with Crippen molar-refractivity contribution in [1.29, 1.82) is 0 Å². The Kier molecular flexibility index (Phi) is 2.23.